The van der Waals surface area contributed by atoms with E-state index in [4.69, 9.17) is 16.2 Å². The Kier molecular flexibility index (Phi) is 6.96. The molecule has 1 aromatic heterocycles. The molecule has 1 amide bonds. The van der Waals surface area contributed by atoms with Crippen LogP contribution in [0.25, 0.3) is 5.70 Å². The summed E-state index contributed by atoms with van der Waals surface area (Å²) in [6.07, 6.45) is 10.4. The third-order valence-electron chi connectivity index (χ3n) is 5.56. The van der Waals surface area contributed by atoms with Gasteiger partial charge in [0, 0.05) is 42.1 Å². The third-order valence-corrected chi connectivity index (χ3v) is 5.56. The van der Waals surface area contributed by atoms with Gasteiger partial charge in [0.15, 0.2) is 5.82 Å². The van der Waals surface area contributed by atoms with Crippen LogP contribution >= 0.6 is 0 Å². The number of nitrogens with zero attached hydrogens (tertiary/aromatic N) is 3. The van der Waals surface area contributed by atoms with E-state index in [0.29, 0.717) is 46.6 Å². The zero-order chi connectivity index (χ0) is 22.3. The maximum absolute atomic E-state index is 13.2. The average molecular weight is 436 g/mol. The number of anilines is 1. The fraction of sp³-hybridized carbons (Fsp3) is 0.391. The lowest BCUT2D eigenvalue weighted by Crippen LogP contribution is -2.29. The second-order valence-electron chi connectivity index (χ2n) is 8.10. The smallest absolute Gasteiger partial charge is 0.259 e. The van der Waals surface area contributed by atoms with Gasteiger partial charge in [-0.25, -0.2) is 9.97 Å². The largest absolute Gasteiger partial charge is 0.492 e. The minimum absolute atomic E-state index is 0.251. The van der Waals surface area contributed by atoms with Crippen molar-refractivity contribution in [2.75, 3.05) is 25.4 Å². The highest BCUT2D eigenvalue weighted by atomic mass is 16.5. The molecular weight excluding hydrogens is 406 g/mol. The highest BCUT2D eigenvalue weighted by Crippen LogP contribution is 2.32. The molecule has 32 heavy (non-hydrogen) atoms. The number of rotatable bonds is 8. The van der Waals surface area contributed by atoms with Gasteiger partial charge < -0.3 is 26.8 Å². The van der Waals surface area contributed by atoms with Crippen molar-refractivity contribution >= 4 is 23.5 Å². The number of nitrogens with one attached hydrogen (secondary N) is 2. The molecule has 0 atom stereocenters. The Morgan fingerprint density at radius 1 is 1.22 bits per heavy atom. The fourth-order valence-electron chi connectivity index (χ4n) is 3.45. The summed E-state index contributed by atoms with van der Waals surface area (Å²) >= 11 is 0. The van der Waals surface area contributed by atoms with Gasteiger partial charge in [-0.1, -0.05) is 0 Å². The summed E-state index contributed by atoms with van der Waals surface area (Å²) < 4.78 is 5.96. The lowest BCUT2D eigenvalue weighted by molar-refractivity contribution is 0.0969. The van der Waals surface area contributed by atoms with Crippen LogP contribution in [-0.2, 0) is 0 Å². The maximum atomic E-state index is 13.2. The Labute approximate surface area is 187 Å². The Morgan fingerprint density at radius 2 is 1.97 bits per heavy atom. The van der Waals surface area contributed by atoms with Gasteiger partial charge in [0.05, 0.1) is 18.2 Å². The van der Waals surface area contributed by atoms with Crippen LogP contribution < -0.4 is 26.8 Å². The summed E-state index contributed by atoms with van der Waals surface area (Å²) in [4.78, 5) is 26.2. The van der Waals surface area contributed by atoms with Gasteiger partial charge >= 0.3 is 0 Å². The van der Waals surface area contributed by atoms with Crippen LogP contribution in [0.1, 0.15) is 47.4 Å². The normalized spacial score (nSPS) is 17.4. The molecule has 1 aliphatic carbocycles. The molecule has 6 N–H and O–H groups in total. The van der Waals surface area contributed by atoms with Gasteiger partial charge in [0.2, 0.25) is 0 Å². The first-order chi connectivity index (χ1) is 15.6. The number of aliphatic imine (C=N–C) groups is 1. The number of amides is 1. The lowest BCUT2D eigenvalue weighted by atomic mass is 10.1. The third kappa shape index (κ3) is 5.61. The number of piperidine rings is 1. The van der Waals surface area contributed by atoms with E-state index in [1.54, 1.807) is 36.8 Å². The zero-order valence-corrected chi connectivity index (χ0v) is 18.0. The van der Waals surface area contributed by atoms with E-state index in [-0.39, 0.29) is 11.9 Å². The van der Waals surface area contributed by atoms with Crippen molar-refractivity contribution < 1.29 is 9.53 Å². The molecular formula is C23H29N7O2. The van der Waals surface area contributed by atoms with Crippen LogP contribution in [0.2, 0.25) is 0 Å². The molecule has 168 valence electrons. The number of benzene rings is 1. The lowest BCUT2D eigenvalue weighted by Gasteiger charge is -2.19. The van der Waals surface area contributed by atoms with Gasteiger partial charge in [-0.2, -0.15) is 0 Å². The molecule has 1 saturated carbocycles. The summed E-state index contributed by atoms with van der Waals surface area (Å²) in [5.74, 6) is 0.921. The standard InChI is InChI=1S/C23H29N7O2/c24-12-20(22-27-6-1-7-28-22)30-23(31)18-10-16(13-29-17-4-8-26-9-5-17)19(25)11-21(18)32-14-15-2-3-15/h1,6-7,10-13,15,17,26H,2-5,8-9,14,24-25H2,(H,30,31)/b20-12+,29-13?. The molecule has 0 radical (unpaired) electrons. The van der Waals surface area contributed by atoms with Crippen LogP contribution in [0, 0.1) is 5.92 Å². The molecule has 2 aliphatic rings. The molecule has 1 saturated heterocycles. The first kappa shape index (κ1) is 21.8. The van der Waals surface area contributed by atoms with Crippen LogP contribution in [0.4, 0.5) is 5.69 Å². The van der Waals surface area contributed by atoms with E-state index in [1.807, 2.05) is 0 Å². The molecule has 0 unspecified atom stereocenters. The fourth-order valence-corrected chi connectivity index (χ4v) is 3.45. The monoisotopic (exact) mass is 435 g/mol. The molecule has 2 heterocycles. The Morgan fingerprint density at radius 3 is 2.66 bits per heavy atom. The highest BCUT2D eigenvalue weighted by Gasteiger charge is 2.24. The first-order valence-corrected chi connectivity index (χ1v) is 10.9. The quantitative estimate of drug-likeness (QED) is 0.365. The molecule has 2 aromatic rings. The minimum Gasteiger partial charge on any atom is -0.492 e. The number of ether oxygens (including phenoxy) is 1. The van der Waals surface area contributed by atoms with Gasteiger partial charge in [0.25, 0.3) is 5.91 Å². The number of carbonyl (C=O) groups excluding carboxylic acids is 1. The number of nitrogen functional groups attached to an aromatic ring is 1. The molecule has 1 aromatic carbocycles. The first-order valence-electron chi connectivity index (χ1n) is 10.9. The van der Waals surface area contributed by atoms with Gasteiger partial charge in [-0.3, -0.25) is 9.79 Å². The summed E-state index contributed by atoms with van der Waals surface area (Å²) in [5.41, 5.74) is 13.9. The Balaban J connectivity index is 1.59. The van der Waals surface area contributed by atoms with E-state index >= 15 is 0 Å². The summed E-state index contributed by atoms with van der Waals surface area (Å²) in [6.45, 7) is 2.47. The molecule has 9 nitrogen and oxygen atoms in total. The summed E-state index contributed by atoms with van der Waals surface area (Å²) in [6, 6.07) is 5.36. The highest BCUT2D eigenvalue weighted by molar-refractivity contribution is 6.04. The predicted molar refractivity (Wildman–Crippen MR) is 124 cm³/mol. The Bertz CT molecular complexity index is 997. The van der Waals surface area contributed by atoms with Crippen molar-refractivity contribution in [1.29, 1.82) is 0 Å². The second kappa shape index (κ2) is 10.2. The number of carbonyl (C=O) groups is 1. The van der Waals surface area contributed by atoms with Gasteiger partial charge in [-0.15, -0.1) is 0 Å². The van der Waals surface area contributed by atoms with Crippen molar-refractivity contribution in [2.24, 2.45) is 16.6 Å². The van der Waals surface area contributed by atoms with E-state index in [9.17, 15) is 4.79 Å². The molecule has 1 aliphatic heterocycles. The van der Waals surface area contributed by atoms with Crippen molar-refractivity contribution in [1.82, 2.24) is 20.6 Å². The molecule has 4 rings (SSSR count). The van der Waals surface area contributed by atoms with Crippen molar-refractivity contribution in [3.05, 3.63) is 53.7 Å². The van der Waals surface area contributed by atoms with Crippen molar-refractivity contribution in [3.8, 4) is 5.75 Å². The average Bonchev–Trinajstić information content (AvgIpc) is 3.66. The van der Waals surface area contributed by atoms with Crippen LogP contribution in [-0.4, -0.2) is 47.8 Å². The van der Waals surface area contributed by atoms with Gasteiger partial charge in [0.1, 0.15) is 11.4 Å². The van der Waals surface area contributed by atoms with Crippen LogP contribution in [0.3, 0.4) is 0 Å². The van der Waals surface area contributed by atoms with Gasteiger partial charge in [-0.05, 0) is 56.8 Å². The topological polar surface area (TPSA) is 141 Å². The molecule has 2 fully saturated rings. The van der Waals surface area contributed by atoms with Crippen LogP contribution in [0.5, 0.6) is 5.75 Å². The SMILES string of the molecule is N/C=C(/NC(=O)c1cc(C=NC2CCNCC2)c(N)cc1OCC1CC1)c1ncccn1. The van der Waals surface area contributed by atoms with Crippen LogP contribution in [0.15, 0.2) is 41.8 Å². The summed E-state index contributed by atoms with van der Waals surface area (Å²) in [7, 11) is 0. The number of aromatic nitrogens is 2. The predicted octanol–water partition coefficient (Wildman–Crippen LogP) is 1.71. The maximum Gasteiger partial charge on any atom is 0.259 e. The minimum atomic E-state index is -0.378. The van der Waals surface area contributed by atoms with E-state index in [2.05, 4.69) is 25.6 Å². The molecule has 0 spiro atoms. The van der Waals surface area contributed by atoms with Crippen molar-refractivity contribution in [2.45, 2.75) is 31.7 Å². The van der Waals surface area contributed by atoms with Crippen molar-refractivity contribution in [3.63, 3.8) is 0 Å². The molecule has 0 bridgehead atoms. The van der Waals surface area contributed by atoms with E-state index in [1.165, 1.54) is 6.20 Å². The summed E-state index contributed by atoms with van der Waals surface area (Å²) in [5, 5.41) is 6.12. The number of nitrogens with two attached hydrogens (primary N) is 2. The number of hydrogen-bond acceptors (Lipinski definition) is 8. The Hall–Kier alpha value is -3.46. The number of hydrogen-bond donors (Lipinski definition) is 4. The molecule has 9 heteroatoms. The zero-order valence-electron chi connectivity index (χ0n) is 18.0. The van der Waals surface area contributed by atoms with E-state index < -0.39 is 0 Å². The second-order valence-corrected chi connectivity index (χ2v) is 8.10. The van der Waals surface area contributed by atoms with E-state index in [0.717, 1.165) is 38.8 Å².